The number of methoxy groups -OCH3 is 1. The van der Waals surface area contributed by atoms with E-state index in [2.05, 4.69) is 0 Å². The normalized spacial score (nSPS) is 9.94. The lowest BCUT2D eigenvalue weighted by atomic mass is 10.2. The lowest BCUT2D eigenvalue weighted by Crippen LogP contribution is -1.96. The Kier molecular flexibility index (Phi) is 3.50. The fourth-order valence-electron chi connectivity index (χ4n) is 1.42. The summed E-state index contributed by atoms with van der Waals surface area (Å²) in [5, 5.41) is 10.9. The van der Waals surface area contributed by atoms with Crippen LogP contribution in [0.1, 0.15) is 5.56 Å². The number of benzene rings is 2. The molecule has 2 rings (SSSR count). The van der Waals surface area contributed by atoms with E-state index in [1.165, 1.54) is 12.1 Å². The first-order valence-electron chi connectivity index (χ1n) is 5.31. The van der Waals surface area contributed by atoms with Crippen molar-refractivity contribution in [3.63, 3.8) is 0 Å². The summed E-state index contributed by atoms with van der Waals surface area (Å²) in [5.41, 5.74) is 1.05. The maximum atomic E-state index is 10.9. The van der Waals surface area contributed by atoms with Crippen LogP contribution in [0.5, 0.6) is 17.2 Å². The average Bonchev–Trinajstić information content (AvgIpc) is 2.39. The van der Waals surface area contributed by atoms with E-state index >= 15 is 0 Å². The molecule has 3 nitrogen and oxygen atoms in total. The predicted molar refractivity (Wildman–Crippen MR) is 63.2 cm³/mol. The van der Waals surface area contributed by atoms with Gasteiger partial charge in [0.05, 0.1) is 7.11 Å². The quantitative estimate of drug-likeness (QED) is 0.808. The Labute approximate surface area is 100 Å². The summed E-state index contributed by atoms with van der Waals surface area (Å²) in [6, 6.07) is 14.0. The van der Waals surface area contributed by atoms with Gasteiger partial charge in [-0.3, -0.25) is 0 Å². The number of ether oxygens (including phenoxy) is 2. The largest absolute Gasteiger partial charge is 0.872 e. The highest BCUT2D eigenvalue weighted by molar-refractivity contribution is 5.30. The SMILES string of the molecule is COc1ccc(COc2ccc([O-])cc2)cc1. The second kappa shape index (κ2) is 5.25. The number of rotatable bonds is 4. The molecule has 0 aromatic heterocycles. The van der Waals surface area contributed by atoms with E-state index in [-0.39, 0.29) is 5.75 Å². The van der Waals surface area contributed by atoms with E-state index in [1.807, 2.05) is 24.3 Å². The molecule has 0 radical (unpaired) electrons. The third-order valence-corrected chi connectivity index (χ3v) is 2.39. The Morgan fingerprint density at radius 1 is 0.882 bits per heavy atom. The van der Waals surface area contributed by atoms with Gasteiger partial charge >= 0.3 is 0 Å². The molecule has 0 saturated heterocycles. The zero-order valence-corrected chi connectivity index (χ0v) is 9.55. The van der Waals surface area contributed by atoms with Crippen molar-refractivity contribution < 1.29 is 14.6 Å². The van der Waals surface area contributed by atoms with E-state index in [1.54, 1.807) is 19.2 Å². The van der Waals surface area contributed by atoms with Crippen LogP contribution in [0.2, 0.25) is 0 Å². The van der Waals surface area contributed by atoms with E-state index in [4.69, 9.17) is 9.47 Å². The van der Waals surface area contributed by atoms with Gasteiger partial charge in [0.25, 0.3) is 0 Å². The second-order valence-corrected chi connectivity index (χ2v) is 3.61. The van der Waals surface area contributed by atoms with Crippen molar-refractivity contribution in [1.82, 2.24) is 0 Å². The molecule has 0 aliphatic carbocycles. The van der Waals surface area contributed by atoms with Gasteiger partial charge in [-0.05, 0) is 29.8 Å². The molecule has 0 N–H and O–H groups in total. The minimum Gasteiger partial charge on any atom is -0.872 e. The second-order valence-electron chi connectivity index (χ2n) is 3.61. The highest BCUT2D eigenvalue weighted by Gasteiger charge is 1.96. The molecule has 0 aliphatic heterocycles. The Balaban J connectivity index is 1.95. The fourth-order valence-corrected chi connectivity index (χ4v) is 1.42. The standard InChI is InChI=1S/C14H14O3/c1-16-13-6-2-11(3-7-13)10-17-14-8-4-12(15)5-9-14/h2-9,15H,10H2,1H3/p-1. The average molecular weight is 229 g/mol. The molecule has 2 aromatic rings. The summed E-state index contributed by atoms with van der Waals surface area (Å²) in [5.74, 6) is 1.51. The van der Waals surface area contributed by atoms with Crippen molar-refractivity contribution in [2.24, 2.45) is 0 Å². The Morgan fingerprint density at radius 2 is 1.47 bits per heavy atom. The molecule has 0 heterocycles. The van der Waals surface area contributed by atoms with Crippen molar-refractivity contribution in [3.05, 3.63) is 54.1 Å². The van der Waals surface area contributed by atoms with Gasteiger partial charge in [-0.15, -0.1) is 5.75 Å². The topological polar surface area (TPSA) is 41.5 Å². The van der Waals surface area contributed by atoms with Crippen molar-refractivity contribution in [2.45, 2.75) is 6.61 Å². The van der Waals surface area contributed by atoms with Gasteiger partial charge in [-0.2, -0.15) is 0 Å². The van der Waals surface area contributed by atoms with Gasteiger partial charge in [0.2, 0.25) is 0 Å². The molecule has 0 atom stereocenters. The molecule has 0 amide bonds. The van der Waals surface area contributed by atoms with Gasteiger partial charge in [-0.1, -0.05) is 24.3 Å². The van der Waals surface area contributed by atoms with Crippen LogP contribution in [0, 0.1) is 0 Å². The van der Waals surface area contributed by atoms with Crippen LogP contribution in [0.15, 0.2) is 48.5 Å². The predicted octanol–water partition coefficient (Wildman–Crippen LogP) is 2.35. The van der Waals surface area contributed by atoms with Crippen LogP contribution in [0.3, 0.4) is 0 Å². The lowest BCUT2D eigenvalue weighted by molar-refractivity contribution is -0.268. The minimum absolute atomic E-state index is 0.0122. The van der Waals surface area contributed by atoms with Crippen molar-refractivity contribution >= 4 is 0 Å². The van der Waals surface area contributed by atoms with Gasteiger partial charge in [0, 0.05) is 0 Å². The maximum absolute atomic E-state index is 10.9. The van der Waals surface area contributed by atoms with Crippen LogP contribution >= 0.6 is 0 Å². The monoisotopic (exact) mass is 229 g/mol. The molecule has 2 aromatic carbocycles. The van der Waals surface area contributed by atoms with Crippen LogP contribution in [0.4, 0.5) is 0 Å². The van der Waals surface area contributed by atoms with Gasteiger partial charge in [0.1, 0.15) is 18.1 Å². The summed E-state index contributed by atoms with van der Waals surface area (Å²) in [6.07, 6.45) is 0. The summed E-state index contributed by atoms with van der Waals surface area (Å²) in [4.78, 5) is 0. The Hall–Kier alpha value is -2.16. The Morgan fingerprint density at radius 3 is 2.06 bits per heavy atom. The third kappa shape index (κ3) is 3.14. The van der Waals surface area contributed by atoms with Gasteiger partial charge < -0.3 is 14.6 Å². The molecule has 0 unspecified atom stereocenters. The molecule has 0 spiro atoms. The summed E-state index contributed by atoms with van der Waals surface area (Å²) in [7, 11) is 1.63. The molecule has 0 saturated carbocycles. The third-order valence-electron chi connectivity index (χ3n) is 2.39. The fraction of sp³-hybridized carbons (Fsp3) is 0.143. The van der Waals surface area contributed by atoms with Crippen LogP contribution < -0.4 is 14.6 Å². The Bertz CT molecular complexity index is 460. The summed E-state index contributed by atoms with van der Waals surface area (Å²) in [6.45, 7) is 0.474. The minimum atomic E-state index is -0.0122. The highest BCUT2D eigenvalue weighted by atomic mass is 16.5. The first-order valence-corrected chi connectivity index (χ1v) is 5.31. The van der Waals surface area contributed by atoms with Gasteiger partial charge in [-0.25, -0.2) is 0 Å². The molecular weight excluding hydrogens is 216 g/mol. The van der Waals surface area contributed by atoms with Crippen molar-refractivity contribution in [1.29, 1.82) is 0 Å². The summed E-state index contributed by atoms with van der Waals surface area (Å²) < 4.78 is 10.6. The van der Waals surface area contributed by atoms with Crippen LogP contribution in [-0.4, -0.2) is 7.11 Å². The number of hydrogen-bond acceptors (Lipinski definition) is 3. The molecule has 17 heavy (non-hydrogen) atoms. The van der Waals surface area contributed by atoms with E-state index in [9.17, 15) is 5.11 Å². The number of hydrogen-bond donors (Lipinski definition) is 0. The first kappa shape index (κ1) is 11.3. The maximum Gasteiger partial charge on any atom is 0.119 e. The van der Waals surface area contributed by atoms with Gasteiger partial charge in [0.15, 0.2) is 0 Å². The van der Waals surface area contributed by atoms with Crippen molar-refractivity contribution in [3.8, 4) is 17.2 Å². The van der Waals surface area contributed by atoms with E-state index < -0.39 is 0 Å². The molecular formula is C14H13O3-. The van der Waals surface area contributed by atoms with Crippen LogP contribution in [0.25, 0.3) is 0 Å². The van der Waals surface area contributed by atoms with Crippen molar-refractivity contribution in [2.75, 3.05) is 7.11 Å². The van der Waals surface area contributed by atoms with Crippen LogP contribution in [-0.2, 0) is 6.61 Å². The summed E-state index contributed by atoms with van der Waals surface area (Å²) >= 11 is 0. The molecule has 88 valence electrons. The molecule has 0 aliphatic rings. The molecule has 0 bridgehead atoms. The molecule has 3 heteroatoms. The molecule has 0 fully saturated rings. The highest BCUT2D eigenvalue weighted by Crippen LogP contribution is 2.17. The van der Waals surface area contributed by atoms with E-state index in [0.29, 0.717) is 12.4 Å². The first-order chi connectivity index (χ1) is 8.28. The van der Waals surface area contributed by atoms with E-state index in [0.717, 1.165) is 11.3 Å². The zero-order chi connectivity index (χ0) is 12.1. The lowest BCUT2D eigenvalue weighted by Gasteiger charge is -2.09. The zero-order valence-electron chi connectivity index (χ0n) is 9.55. The smallest absolute Gasteiger partial charge is 0.119 e.